The first-order valence-corrected chi connectivity index (χ1v) is 5.16. The van der Waals surface area contributed by atoms with E-state index in [1.165, 1.54) is 6.42 Å². The van der Waals surface area contributed by atoms with E-state index in [0.717, 1.165) is 24.2 Å². The molecular weight excluding hydrogens is 190 g/mol. The maximum absolute atomic E-state index is 4.78. The van der Waals surface area contributed by atoms with Crippen molar-refractivity contribution in [1.82, 2.24) is 10.3 Å². The van der Waals surface area contributed by atoms with Crippen molar-refractivity contribution in [3.05, 3.63) is 30.8 Å². The van der Waals surface area contributed by atoms with Crippen LogP contribution in [0.3, 0.4) is 0 Å². The lowest BCUT2D eigenvalue weighted by Crippen LogP contribution is -2.37. The van der Waals surface area contributed by atoms with Crippen molar-refractivity contribution < 1.29 is 9.20 Å². The van der Waals surface area contributed by atoms with Crippen molar-refractivity contribution in [2.75, 3.05) is 0 Å². The van der Waals surface area contributed by atoms with Gasteiger partial charge in [0.2, 0.25) is 0 Å². The Kier molecular flexibility index (Phi) is 3.07. The molecule has 0 fully saturated rings. The lowest BCUT2D eigenvalue weighted by molar-refractivity contribution is -0.754. The monoisotopic (exact) mass is 204 g/mol. The zero-order valence-corrected chi connectivity index (χ0v) is 8.76. The molecule has 2 aromatic rings. The first-order valence-electron chi connectivity index (χ1n) is 5.16. The van der Waals surface area contributed by atoms with E-state index in [2.05, 4.69) is 17.2 Å². The lowest BCUT2D eigenvalue weighted by atomic mass is 10.2. The maximum atomic E-state index is 4.78. The molecule has 0 amide bonds. The summed E-state index contributed by atoms with van der Waals surface area (Å²) in [6.45, 7) is 3.14. The fraction of sp³-hybridized carbons (Fsp3) is 0.364. The SMILES string of the molecule is CCCC[n+]1ccc(-c2ccon2)cn1. The van der Waals surface area contributed by atoms with Crippen LogP contribution in [-0.4, -0.2) is 10.3 Å². The predicted octanol–water partition coefficient (Wildman–Crippen LogP) is 1.82. The fourth-order valence-corrected chi connectivity index (χ4v) is 1.35. The predicted molar refractivity (Wildman–Crippen MR) is 54.8 cm³/mol. The molecular formula is C11H14N3O+. The summed E-state index contributed by atoms with van der Waals surface area (Å²) in [4.78, 5) is 0. The highest BCUT2D eigenvalue weighted by molar-refractivity contribution is 5.55. The summed E-state index contributed by atoms with van der Waals surface area (Å²) in [6, 6.07) is 3.83. The second-order valence-corrected chi connectivity index (χ2v) is 3.42. The van der Waals surface area contributed by atoms with Gasteiger partial charge in [0.25, 0.3) is 0 Å². The van der Waals surface area contributed by atoms with Gasteiger partial charge in [0.1, 0.15) is 18.2 Å². The number of aryl methyl sites for hydroxylation is 1. The molecule has 2 heterocycles. The third-order valence-electron chi connectivity index (χ3n) is 2.25. The van der Waals surface area contributed by atoms with Gasteiger partial charge in [0, 0.05) is 24.1 Å². The van der Waals surface area contributed by atoms with Crippen molar-refractivity contribution >= 4 is 0 Å². The van der Waals surface area contributed by atoms with E-state index in [9.17, 15) is 0 Å². The van der Waals surface area contributed by atoms with Gasteiger partial charge in [-0.25, -0.2) is 0 Å². The molecule has 0 unspecified atom stereocenters. The van der Waals surface area contributed by atoms with E-state index < -0.39 is 0 Å². The summed E-state index contributed by atoms with van der Waals surface area (Å²) < 4.78 is 6.72. The minimum atomic E-state index is 0.824. The van der Waals surface area contributed by atoms with E-state index in [1.54, 1.807) is 6.26 Å². The molecule has 0 bridgehead atoms. The minimum Gasteiger partial charge on any atom is -0.364 e. The third-order valence-corrected chi connectivity index (χ3v) is 2.25. The van der Waals surface area contributed by atoms with Gasteiger partial charge in [0.15, 0.2) is 12.7 Å². The van der Waals surface area contributed by atoms with Crippen LogP contribution in [0.1, 0.15) is 19.8 Å². The lowest BCUT2D eigenvalue weighted by Gasteiger charge is -1.94. The Labute approximate surface area is 88.5 Å². The number of unbranched alkanes of at least 4 members (excludes halogenated alkanes) is 1. The molecule has 15 heavy (non-hydrogen) atoms. The Bertz CT molecular complexity index is 394. The quantitative estimate of drug-likeness (QED) is 0.713. The summed E-state index contributed by atoms with van der Waals surface area (Å²) in [6.07, 6.45) is 7.68. The van der Waals surface area contributed by atoms with Crippen LogP contribution in [0.2, 0.25) is 0 Å². The van der Waals surface area contributed by atoms with Crippen molar-refractivity contribution in [3.8, 4) is 11.3 Å². The van der Waals surface area contributed by atoms with Crippen molar-refractivity contribution in [2.24, 2.45) is 0 Å². The van der Waals surface area contributed by atoms with E-state index in [0.29, 0.717) is 0 Å². The molecule has 78 valence electrons. The summed E-state index contributed by atoms with van der Waals surface area (Å²) in [7, 11) is 0. The van der Waals surface area contributed by atoms with E-state index in [-0.39, 0.29) is 0 Å². The molecule has 0 aliphatic heterocycles. The molecule has 2 aromatic heterocycles. The van der Waals surface area contributed by atoms with Crippen molar-refractivity contribution in [2.45, 2.75) is 26.3 Å². The normalized spacial score (nSPS) is 10.5. The molecule has 0 spiro atoms. The number of aromatic nitrogens is 3. The topological polar surface area (TPSA) is 42.8 Å². The van der Waals surface area contributed by atoms with Crippen LogP contribution >= 0.6 is 0 Å². The van der Waals surface area contributed by atoms with E-state index in [1.807, 2.05) is 29.2 Å². The summed E-state index contributed by atoms with van der Waals surface area (Å²) in [5, 5.41) is 8.16. The highest BCUT2D eigenvalue weighted by atomic mass is 16.5. The summed E-state index contributed by atoms with van der Waals surface area (Å²) in [5.74, 6) is 0. The summed E-state index contributed by atoms with van der Waals surface area (Å²) >= 11 is 0. The molecule has 0 radical (unpaired) electrons. The van der Waals surface area contributed by atoms with Crippen LogP contribution in [-0.2, 0) is 6.54 Å². The van der Waals surface area contributed by atoms with Crippen LogP contribution < -0.4 is 4.68 Å². The van der Waals surface area contributed by atoms with Gasteiger partial charge in [-0.2, -0.15) is 0 Å². The zero-order chi connectivity index (χ0) is 10.5. The van der Waals surface area contributed by atoms with E-state index >= 15 is 0 Å². The molecule has 0 saturated heterocycles. The van der Waals surface area contributed by atoms with Gasteiger partial charge < -0.3 is 4.52 Å². The molecule has 0 aliphatic rings. The molecule has 0 aromatic carbocycles. The minimum absolute atomic E-state index is 0.824. The van der Waals surface area contributed by atoms with Gasteiger partial charge in [0.05, 0.1) is 0 Å². The van der Waals surface area contributed by atoms with Gasteiger partial charge in [-0.15, -0.1) is 0 Å². The van der Waals surface area contributed by atoms with Crippen LogP contribution in [0.5, 0.6) is 0 Å². The van der Waals surface area contributed by atoms with Crippen LogP contribution in [0, 0.1) is 0 Å². The third kappa shape index (κ3) is 2.40. The second kappa shape index (κ2) is 4.68. The Balaban J connectivity index is 2.11. The van der Waals surface area contributed by atoms with Crippen molar-refractivity contribution in [3.63, 3.8) is 0 Å². The standard InChI is InChI=1S/C11H14N3O/c1-2-3-6-14-7-4-10(9-12-14)11-5-8-15-13-11/h4-5,7-9H,2-3,6H2,1H3/q+1. The molecule has 0 atom stereocenters. The molecule has 0 saturated carbocycles. The Hall–Kier alpha value is -1.71. The average Bonchev–Trinajstić information content (AvgIpc) is 2.80. The highest BCUT2D eigenvalue weighted by Crippen LogP contribution is 2.13. The molecule has 4 nitrogen and oxygen atoms in total. The van der Waals surface area contributed by atoms with Gasteiger partial charge in [-0.3, -0.25) is 0 Å². The number of hydrogen-bond acceptors (Lipinski definition) is 3. The zero-order valence-electron chi connectivity index (χ0n) is 8.76. The number of hydrogen-bond donors (Lipinski definition) is 0. The second-order valence-electron chi connectivity index (χ2n) is 3.42. The van der Waals surface area contributed by atoms with Gasteiger partial charge in [-0.1, -0.05) is 23.2 Å². The number of nitrogens with zero attached hydrogens (tertiary/aromatic N) is 3. The molecule has 4 heteroatoms. The molecule has 0 N–H and O–H groups in total. The van der Waals surface area contributed by atoms with Crippen LogP contribution in [0.4, 0.5) is 0 Å². The fourth-order valence-electron chi connectivity index (χ4n) is 1.35. The largest absolute Gasteiger partial charge is 0.364 e. The summed E-state index contributed by atoms with van der Waals surface area (Å²) in [5.41, 5.74) is 1.81. The molecule has 2 rings (SSSR count). The van der Waals surface area contributed by atoms with Crippen molar-refractivity contribution in [1.29, 1.82) is 0 Å². The smallest absolute Gasteiger partial charge is 0.196 e. The Morgan fingerprint density at radius 3 is 2.93 bits per heavy atom. The average molecular weight is 204 g/mol. The Morgan fingerprint density at radius 1 is 1.40 bits per heavy atom. The van der Waals surface area contributed by atoms with Crippen LogP contribution in [0.25, 0.3) is 11.3 Å². The van der Waals surface area contributed by atoms with Gasteiger partial charge in [-0.05, 0) is 5.10 Å². The van der Waals surface area contributed by atoms with Crippen LogP contribution in [0.15, 0.2) is 35.3 Å². The molecule has 0 aliphatic carbocycles. The first kappa shape index (κ1) is 9.83. The first-order chi connectivity index (χ1) is 7.40. The highest BCUT2D eigenvalue weighted by Gasteiger charge is 2.05. The Morgan fingerprint density at radius 2 is 2.33 bits per heavy atom. The van der Waals surface area contributed by atoms with Gasteiger partial charge >= 0.3 is 0 Å². The van der Waals surface area contributed by atoms with E-state index in [4.69, 9.17) is 4.52 Å². The number of rotatable bonds is 4. The maximum Gasteiger partial charge on any atom is 0.196 e.